The molecule has 20 nitrogen and oxygen atoms in total. The van der Waals surface area contributed by atoms with Crippen molar-refractivity contribution < 1.29 is 73.4 Å². The van der Waals surface area contributed by atoms with Gasteiger partial charge in [0.1, 0.15) is 18.1 Å². The number of fused-ring (bicyclic) bond motifs is 3. The average molecular weight is 1130 g/mol. The van der Waals surface area contributed by atoms with Gasteiger partial charge in [-0.2, -0.15) is 21.4 Å². The number of carbonyl (C=O) groups excluding carboxylic acids is 3. The van der Waals surface area contributed by atoms with Crippen LogP contribution in [0, 0.1) is 0 Å². The van der Waals surface area contributed by atoms with Crippen LogP contribution < -0.4 is 20.3 Å². The number of carbonyl (C=O) groups is 3. The van der Waals surface area contributed by atoms with Gasteiger partial charge in [0, 0.05) is 98.0 Å². The Morgan fingerprint density at radius 3 is 2.15 bits per heavy atom. The van der Waals surface area contributed by atoms with Crippen molar-refractivity contribution in [2.45, 2.75) is 82.1 Å². The standard InChI is InChI=1S/C57H73N5O15S2/c1-41-40-56(2,3)61(26-30-74-32-34-75-33-31-73-29-24-59-23-28-72-27-22-58-5)49-39-51-46(38-45(41)49)43(36-50(76-51)42-12-7-6-8-13-42)14-9-15-52-57(4,21-10-16-55(65)77-62-53(63)19-20-54(62)64)47-37-44(79(69,70)71)17-18-48(47)60(52)25-11-35-78(66,67)68/h6-9,12-15,17-18,36-40,58-59H,10-11,16,19-35H2,1-5H3,(H-,66,67,68,69,70,71)/p+1. The second kappa shape index (κ2) is 27.5. The van der Waals surface area contributed by atoms with Crippen molar-refractivity contribution in [3.63, 3.8) is 0 Å². The van der Waals surface area contributed by atoms with E-state index in [0.29, 0.717) is 92.9 Å². The van der Waals surface area contributed by atoms with Gasteiger partial charge < -0.3 is 44.1 Å². The van der Waals surface area contributed by atoms with Crippen LogP contribution in [0.3, 0.4) is 0 Å². The maximum absolute atomic E-state index is 13.0. The Bertz CT molecular complexity index is 3070. The molecule has 1 unspecified atom stereocenters. The lowest BCUT2D eigenvalue weighted by atomic mass is 9.75. The molecule has 7 rings (SSSR count). The van der Waals surface area contributed by atoms with Gasteiger partial charge in [-0.25, -0.2) is 4.79 Å². The molecule has 428 valence electrons. The Kier molecular flexibility index (Phi) is 21.1. The highest BCUT2D eigenvalue weighted by molar-refractivity contribution is 7.86. The molecule has 2 amide bonds. The summed E-state index contributed by atoms with van der Waals surface area (Å²) in [4.78, 5) is 44.5. The van der Waals surface area contributed by atoms with Crippen LogP contribution in [0.4, 0.5) is 11.4 Å². The number of nitrogens with zero attached hydrogens (tertiary/aromatic N) is 3. The maximum atomic E-state index is 13.0. The highest BCUT2D eigenvalue weighted by Gasteiger charge is 2.48. The van der Waals surface area contributed by atoms with Crippen LogP contribution in [-0.2, 0) is 63.8 Å². The van der Waals surface area contributed by atoms with Gasteiger partial charge in [-0.05, 0) is 83.0 Å². The van der Waals surface area contributed by atoms with E-state index in [1.165, 1.54) is 18.2 Å². The molecule has 1 fully saturated rings. The minimum absolute atomic E-state index is 0.0125. The van der Waals surface area contributed by atoms with Crippen LogP contribution in [0.2, 0.25) is 0 Å². The molecule has 0 spiro atoms. The number of hydroxylamine groups is 2. The van der Waals surface area contributed by atoms with Crippen molar-refractivity contribution in [2.24, 2.45) is 0 Å². The summed E-state index contributed by atoms with van der Waals surface area (Å²) in [6, 6.07) is 18.0. The zero-order chi connectivity index (χ0) is 56.8. The monoisotopic (exact) mass is 1130 g/mol. The van der Waals surface area contributed by atoms with Gasteiger partial charge in [0.15, 0.2) is 5.71 Å². The summed E-state index contributed by atoms with van der Waals surface area (Å²) >= 11 is 0. The minimum atomic E-state index is -4.68. The Labute approximate surface area is 463 Å². The molecule has 4 aliphatic heterocycles. The van der Waals surface area contributed by atoms with Crippen molar-refractivity contribution in [3.05, 3.63) is 113 Å². The summed E-state index contributed by atoms with van der Waals surface area (Å²) in [7, 11) is -7.15. The van der Waals surface area contributed by atoms with Crippen LogP contribution in [0.1, 0.15) is 88.5 Å². The van der Waals surface area contributed by atoms with Crippen molar-refractivity contribution in [2.75, 3.05) is 103 Å². The second-order valence-electron chi connectivity index (χ2n) is 20.3. The van der Waals surface area contributed by atoms with Crippen LogP contribution in [-0.4, -0.2) is 163 Å². The zero-order valence-electron chi connectivity index (χ0n) is 45.7. The van der Waals surface area contributed by atoms with Gasteiger partial charge in [0.2, 0.25) is 5.69 Å². The maximum Gasteiger partial charge on any atom is 0.333 e. The number of hydrogen-bond acceptors (Lipinski definition) is 16. The quantitative estimate of drug-likeness (QED) is 0.0239. The third kappa shape index (κ3) is 16.1. The first-order valence-electron chi connectivity index (χ1n) is 26.6. The van der Waals surface area contributed by atoms with E-state index in [4.69, 9.17) is 28.5 Å². The molecule has 0 aliphatic carbocycles. The number of amides is 2. The molecule has 1 atom stereocenters. The van der Waals surface area contributed by atoms with Gasteiger partial charge >= 0.3 is 5.97 Å². The minimum Gasteiger partial charge on any atom is -0.456 e. The fraction of sp³-hybridized carbons (Fsp3) is 0.474. The number of imide groups is 1. The number of ether oxygens (including phenoxy) is 5. The predicted octanol–water partition coefficient (Wildman–Crippen LogP) is 6.30. The Balaban J connectivity index is 1.13. The lowest BCUT2D eigenvalue weighted by Gasteiger charge is -2.44. The second-order valence-corrected chi connectivity index (χ2v) is 23.3. The summed E-state index contributed by atoms with van der Waals surface area (Å²) in [5.74, 6) is -1.37. The molecule has 3 aromatic carbocycles. The SMILES string of the molecule is CNCCOCCNCCOCCOCCOCCN1c2cc3c(cc2C(C)=CC1(C)C)/C(=C/C=C/C1=[N+](CCCS(=O)(=O)O)c2ccc(S(=O)(=O)O)cc2C1(C)CCCC(=O)ON1C(=O)CCC1=O)C=C(c1ccccc1)O3. The van der Waals surface area contributed by atoms with Gasteiger partial charge in [-0.3, -0.25) is 18.7 Å². The van der Waals surface area contributed by atoms with Gasteiger partial charge in [0.25, 0.3) is 32.1 Å². The highest BCUT2D eigenvalue weighted by atomic mass is 32.2. The summed E-state index contributed by atoms with van der Waals surface area (Å²) in [6.07, 6.45) is 9.79. The summed E-state index contributed by atoms with van der Waals surface area (Å²) in [5, 5.41) is 6.82. The van der Waals surface area contributed by atoms with E-state index in [0.717, 1.165) is 53.2 Å². The first kappa shape index (κ1) is 60.7. The fourth-order valence-corrected chi connectivity index (χ4v) is 11.2. The molecule has 4 N–H and O–H groups in total. The van der Waals surface area contributed by atoms with E-state index >= 15 is 0 Å². The van der Waals surface area contributed by atoms with E-state index in [9.17, 15) is 40.3 Å². The number of hydrogen-bond donors (Lipinski definition) is 4. The topological polar surface area (TPSA) is 249 Å². The van der Waals surface area contributed by atoms with Crippen molar-refractivity contribution in [1.29, 1.82) is 0 Å². The van der Waals surface area contributed by atoms with E-state index in [1.54, 1.807) is 0 Å². The molecule has 0 bridgehead atoms. The third-order valence-electron chi connectivity index (χ3n) is 14.1. The first-order chi connectivity index (χ1) is 37.7. The van der Waals surface area contributed by atoms with Crippen molar-refractivity contribution in [3.8, 4) is 5.75 Å². The number of benzene rings is 3. The molecule has 4 aliphatic rings. The zero-order valence-corrected chi connectivity index (χ0v) is 47.3. The highest BCUT2D eigenvalue weighted by Crippen LogP contribution is 2.48. The fourth-order valence-electron chi connectivity index (χ4n) is 10.2. The Morgan fingerprint density at radius 1 is 0.823 bits per heavy atom. The largest absolute Gasteiger partial charge is 0.456 e. The smallest absolute Gasteiger partial charge is 0.333 e. The molecule has 4 heterocycles. The van der Waals surface area contributed by atoms with Crippen molar-refractivity contribution >= 4 is 72.0 Å². The van der Waals surface area contributed by atoms with E-state index < -0.39 is 49.2 Å². The Hall–Kier alpha value is -5.92. The molecule has 1 saturated heterocycles. The third-order valence-corrected chi connectivity index (χ3v) is 15.7. The summed E-state index contributed by atoms with van der Waals surface area (Å²) < 4.78 is 101. The van der Waals surface area contributed by atoms with Crippen LogP contribution in [0.25, 0.3) is 16.9 Å². The predicted molar refractivity (Wildman–Crippen MR) is 299 cm³/mol. The normalized spacial score (nSPS) is 18.5. The molecule has 79 heavy (non-hydrogen) atoms. The lowest BCUT2D eigenvalue weighted by molar-refractivity contribution is -0.437. The average Bonchev–Trinajstić information content (AvgIpc) is 4.02. The van der Waals surface area contributed by atoms with Crippen molar-refractivity contribution in [1.82, 2.24) is 15.7 Å². The molecular formula is C57H74N5O15S2+. The number of nitrogens with one attached hydrogen (secondary N) is 2. The van der Waals surface area contributed by atoms with Crippen LogP contribution in [0.15, 0.2) is 95.9 Å². The van der Waals surface area contributed by atoms with Gasteiger partial charge in [-0.15, -0.1) is 5.06 Å². The molecular weight excluding hydrogens is 1060 g/mol. The summed E-state index contributed by atoms with van der Waals surface area (Å²) in [5.41, 5.74) is 5.66. The molecule has 22 heteroatoms. The van der Waals surface area contributed by atoms with E-state index in [1.807, 2.05) is 73.2 Å². The number of allylic oxidation sites excluding steroid dienone is 6. The first-order valence-corrected chi connectivity index (χ1v) is 29.7. The number of likely N-dealkylation sites (N-methyl/N-ethyl adjacent to an activating group) is 1. The van der Waals surface area contributed by atoms with Crippen LogP contribution >= 0.6 is 0 Å². The van der Waals surface area contributed by atoms with E-state index in [-0.39, 0.29) is 55.5 Å². The molecule has 3 aromatic rings. The number of rotatable bonds is 31. The molecule has 0 radical (unpaired) electrons. The van der Waals surface area contributed by atoms with Crippen LogP contribution in [0.5, 0.6) is 5.75 Å². The Morgan fingerprint density at radius 2 is 1.48 bits per heavy atom. The molecule has 0 saturated carbocycles. The van der Waals surface area contributed by atoms with E-state index in [2.05, 4.69) is 54.5 Å². The van der Waals surface area contributed by atoms with Gasteiger partial charge in [-0.1, -0.05) is 48.6 Å². The lowest BCUT2D eigenvalue weighted by Crippen LogP contribution is -2.46. The number of anilines is 1. The van der Waals surface area contributed by atoms with Gasteiger partial charge in [0.05, 0.1) is 74.5 Å². The summed E-state index contributed by atoms with van der Waals surface area (Å²) in [6.45, 7) is 15.4. The molecule has 0 aromatic heterocycles.